The molecule has 8 heteroatoms. The van der Waals surface area contributed by atoms with Crippen LogP contribution in [-0.2, 0) is 0 Å². The second-order valence-electron chi connectivity index (χ2n) is 8.32. The van der Waals surface area contributed by atoms with Crippen LogP contribution in [0.1, 0.15) is 40.1 Å². The van der Waals surface area contributed by atoms with Crippen LogP contribution in [0.3, 0.4) is 0 Å². The molecule has 1 aliphatic carbocycles. The number of nitrogens with zero attached hydrogens (tertiary/aromatic N) is 1. The van der Waals surface area contributed by atoms with Crippen molar-refractivity contribution >= 4 is 33.1 Å². The number of hydrogen-bond acceptors (Lipinski definition) is 6. The Hall–Kier alpha value is -3.78. The Kier molecular flexibility index (Phi) is 6.46. The third kappa shape index (κ3) is 4.74. The summed E-state index contributed by atoms with van der Waals surface area (Å²) in [5.74, 6) is 0.0643. The summed E-state index contributed by atoms with van der Waals surface area (Å²) in [7, 11) is 1.53. The number of nitrogens with one attached hydrogen (secondary N) is 1. The van der Waals surface area contributed by atoms with Crippen LogP contribution >= 0.6 is 11.3 Å². The van der Waals surface area contributed by atoms with E-state index in [1.807, 2.05) is 11.4 Å². The second kappa shape index (κ2) is 9.84. The van der Waals surface area contributed by atoms with E-state index in [1.54, 1.807) is 42.5 Å². The predicted molar refractivity (Wildman–Crippen MR) is 133 cm³/mol. The van der Waals surface area contributed by atoms with Crippen LogP contribution in [0.15, 0.2) is 60.0 Å². The molecule has 0 spiro atoms. The second-order valence-corrected chi connectivity index (χ2v) is 9.20. The fourth-order valence-corrected chi connectivity index (χ4v) is 4.86. The van der Waals surface area contributed by atoms with Gasteiger partial charge in [0.05, 0.1) is 30.2 Å². The SMILES string of the molecule is COc1cc(C(=O)NCC(=O)c2cccc(-c3csc4c(F)cccc34)n2)ccc1OC1CCC1. The Bertz CT molecular complexity index is 1410. The van der Waals surface area contributed by atoms with Gasteiger partial charge >= 0.3 is 0 Å². The zero-order chi connectivity index (χ0) is 24.4. The number of fused-ring (bicyclic) bond motifs is 1. The van der Waals surface area contributed by atoms with Gasteiger partial charge in [-0.1, -0.05) is 18.2 Å². The van der Waals surface area contributed by atoms with Gasteiger partial charge in [-0.2, -0.15) is 0 Å². The van der Waals surface area contributed by atoms with Crippen molar-refractivity contribution in [1.29, 1.82) is 0 Å². The first kappa shape index (κ1) is 23.0. The van der Waals surface area contributed by atoms with Crippen LogP contribution in [0.5, 0.6) is 11.5 Å². The van der Waals surface area contributed by atoms with Crippen molar-refractivity contribution < 1.29 is 23.5 Å². The zero-order valence-corrected chi connectivity index (χ0v) is 19.9. The van der Waals surface area contributed by atoms with E-state index in [4.69, 9.17) is 9.47 Å². The Labute approximate surface area is 205 Å². The van der Waals surface area contributed by atoms with Gasteiger partial charge in [0, 0.05) is 21.9 Å². The molecule has 35 heavy (non-hydrogen) atoms. The quantitative estimate of drug-likeness (QED) is 0.323. The van der Waals surface area contributed by atoms with Gasteiger partial charge in [0.25, 0.3) is 5.91 Å². The van der Waals surface area contributed by atoms with E-state index in [-0.39, 0.29) is 29.9 Å². The molecule has 2 heterocycles. The summed E-state index contributed by atoms with van der Waals surface area (Å²) in [4.78, 5) is 29.9. The van der Waals surface area contributed by atoms with Crippen LogP contribution in [-0.4, -0.2) is 36.4 Å². The highest BCUT2D eigenvalue weighted by molar-refractivity contribution is 7.17. The Morgan fingerprint density at radius 1 is 1.11 bits per heavy atom. The lowest BCUT2D eigenvalue weighted by molar-refractivity contribution is 0.0901. The molecule has 1 N–H and O–H groups in total. The van der Waals surface area contributed by atoms with Gasteiger partial charge in [-0.15, -0.1) is 11.3 Å². The molecule has 0 aliphatic heterocycles. The van der Waals surface area contributed by atoms with Gasteiger partial charge < -0.3 is 14.8 Å². The number of carbonyl (C=O) groups excluding carboxylic acids is 2. The van der Waals surface area contributed by atoms with E-state index in [2.05, 4.69) is 10.3 Å². The van der Waals surface area contributed by atoms with Crippen LogP contribution in [0.4, 0.5) is 4.39 Å². The average molecular weight is 491 g/mol. The van der Waals surface area contributed by atoms with Crippen LogP contribution < -0.4 is 14.8 Å². The normalized spacial score (nSPS) is 13.3. The van der Waals surface area contributed by atoms with Crippen molar-refractivity contribution in [3.05, 3.63) is 77.1 Å². The van der Waals surface area contributed by atoms with Gasteiger partial charge in [-0.3, -0.25) is 9.59 Å². The number of rotatable bonds is 8. The number of hydrogen-bond donors (Lipinski definition) is 1. The molecule has 2 aromatic carbocycles. The zero-order valence-electron chi connectivity index (χ0n) is 19.0. The minimum atomic E-state index is -0.401. The summed E-state index contributed by atoms with van der Waals surface area (Å²) in [6.45, 7) is -0.211. The molecular formula is C27H23FN2O4S. The van der Waals surface area contributed by atoms with Gasteiger partial charge in [0.15, 0.2) is 17.3 Å². The molecule has 5 rings (SSSR count). The first-order valence-electron chi connectivity index (χ1n) is 11.3. The Morgan fingerprint density at radius 2 is 1.94 bits per heavy atom. The van der Waals surface area contributed by atoms with Gasteiger partial charge in [0.1, 0.15) is 11.5 Å². The monoisotopic (exact) mass is 490 g/mol. The van der Waals surface area contributed by atoms with E-state index < -0.39 is 5.91 Å². The maximum Gasteiger partial charge on any atom is 0.251 e. The number of carbonyl (C=O) groups is 2. The number of thiophene rings is 1. The predicted octanol–water partition coefficient (Wildman–Crippen LogP) is 5.66. The van der Waals surface area contributed by atoms with Gasteiger partial charge in [-0.05, 0) is 55.7 Å². The average Bonchev–Trinajstić information content (AvgIpc) is 3.30. The molecule has 2 aromatic heterocycles. The number of pyridine rings is 1. The molecular weight excluding hydrogens is 467 g/mol. The molecule has 0 bridgehead atoms. The summed E-state index contributed by atoms with van der Waals surface area (Å²) < 4.78 is 25.9. The van der Waals surface area contributed by atoms with Crippen LogP contribution in [0, 0.1) is 5.82 Å². The maximum atomic E-state index is 14.1. The number of amides is 1. The topological polar surface area (TPSA) is 77.5 Å². The van der Waals surface area contributed by atoms with Crippen LogP contribution in [0.25, 0.3) is 21.3 Å². The fourth-order valence-electron chi connectivity index (χ4n) is 3.89. The number of Topliss-reactive ketones (excluding diaryl/α,β-unsaturated/α-hetero) is 1. The first-order chi connectivity index (χ1) is 17.0. The summed E-state index contributed by atoms with van der Waals surface area (Å²) in [6, 6.07) is 15.0. The first-order valence-corrected chi connectivity index (χ1v) is 12.2. The van der Waals surface area contributed by atoms with E-state index in [0.29, 0.717) is 27.5 Å². The third-order valence-electron chi connectivity index (χ3n) is 6.04. The summed E-state index contributed by atoms with van der Waals surface area (Å²) in [6.07, 6.45) is 3.38. The molecule has 0 unspecified atom stereocenters. The summed E-state index contributed by atoms with van der Waals surface area (Å²) >= 11 is 1.30. The molecule has 1 fully saturated rings. The molecule has 0 saturated heterocycles. The molecule has 0 atom stereocenters. The van der Waals surface area contributed by atoms with Gasteiger partial charge in [-0.25, -0.2) is 9.37 Å². The number of halogens is 1. The minimum absolute atomic E-state index is 0.190. The molecule has 1 amide bonds. The molecule has 178 valence electrons. The van der Waals surface area contributed by atoms with E-state index >= 15 is 0 Å². The maximum absolute atomic E-state index is 14.1. The van der Waals surface area contributed by atoms with Crippen molar-refractivity contribution in [2.75, 3.05) is 13.7 Å². The lowest BCUT2D eigenvalue weighted by Crippen LogP contribution is -2.30. The highest BCUT2D eigenvalue weighted by Crippen LogP contribution is 2.35. The van der Waals surface area contributed by atoms with E-state index in [0.717, 1.165) is 30.2 Å². The van der Waals surface area contributed by atoms with Gasteiger partial charge in [0.2, 0.25) is 0 Å². The smallest absolute Gasteiger partial charge is 0.251 e. The number of ether oxygens (including phenoxy) is 2. The Balaban J connectivity index is 1.27. The largest absolute Gasteiger partial charge is 0.493 e. The van der Waals surface area contributed by atoms with Crippen LogP contribution in [0.2, 0.25) is 0 Å². The molecule has 0 radical (unpaired) electrons. The Morgan fingerprint density at radius 3 is 2.71 bits per heavy atom. The van der Waals surface area contributed by atoms with Crippen molar-refractivity contribution in [3.63, 3.8) is 0 Å². The highest BCUT2D eigenvalue weighted by Gasteiger charge is 2.21. The molecule has 1 saturated carbocycles. The number of aromatic nitrogens is 1. The minimum Gasteiger partial charge on any atom is -0.493 e. The van der Waals surface area contributed by atoms with E-state index in [9.17, 15) is 14.0 Å². The van der Waals surface area contributed by atoms with E-state index in [1.165, 1.54) is 24.5 Å². The van der Waals surface area contributed by atoms with Crippen molar-refractivity contribution in [3.8, 4) is 22.8 Å². The third-order valence-corrected chi connectivity index (χ3v) is 7.05. The summed E-state index contributed by atoms with van der Waals surface area (Å²) in [5.41, 5.74) is 1.93. The standard InChI is InChI=1S/C27H23FN2O4S/c1-33-25-13-16(11-12-24(25)34-17-5-2-6-17)27(32)29-14-23(31)22-10-4-9-21(30-22)19-15-35-26-18(19)7-3-8-20(26)28/h3-4,7-13,15,17H,2,5-6,14H2,1H3,(H,29,32). The fraction of sp³-hybridized carbons (Fsp3) is 0.222. The number of benzene rings is 2. The van der Waals surface area contributed by atoms with Crippen molar-refractivity contribution in [1.82, 2.24) is 10.3 Å². The number of ketones is 1. The molecule has 6 nitrogen and oxygen atoms in total. The molecule has 4 aromatic rings. The number of methoxy groups -OCH3 is 1. The lowest BCUT2D eigenvalue weighted by Gasteiger charge is -2.27. The lowest BCUT2D eigenvalue weighted by atomic mass is 9.96. The summed E-state index contributed by atoms with van der Waals surface area (Å²) in [5, 5.41) is 5.23. The molecule has 1 aliphatic rings. The highest BCUT2D eigenvalue weighted by atomic mass is 32.1. The van der Waals surface area contributed by atoms with Crippen molar-refractivity contribution in [2.24, 2.45) is 0 Å². The van der Waals surface area contributed by atoms with Crippen molar-refractivity contribution in [2.45, 2.75) is 25.4 Å².